The zero-order chi connectivity index (χ0) is 22.7. The number of nitrogens with one attached hydrogen (secondary N) is 2. The second-order valence-corrected chi connectivity index (χ2v) is 8.00. The summed E-state index contributed by atoms with van der Waals surface area (Å²) in [6, 6.07) is 12.8. The van der Waals surface area contributed by atoms with Crippen LogP contribution in [0.1, 0.15) is 5.56 Å². The molecule has 0 radical (unpaired) electrons. The van der Waals surface area contributed by atoms with Crippen LogP contribution in [0.3, 0.4) is 0 Å². The number of carbonyl (C=O) groups excluding carboxylic acids is 1. The van der Waals surface area contributed by atoms with Crippen molar-refractivity contribution in [3.63, 3.8) is 0 Å². The molecule has 1 aromatic heterocycles. The van der Waals surface area contributed by atoms with Crippen molar-refractivity contribution >= 4 is 34.1 Å². The molecule has 1 saturated heterocycles. The van der Waals surface area contributed by atoms with Crippen LogP contribution in [0.4, 0.5) is 22.0 Å². The molecule has 4 rings (SSSR count). The van der Waals surface area contributed by atoms with Crippen molar-refractivity contribution in [3.05, 3.63) is 48.0 Å². The van der Waals surface area contributed by atoms with Crippen LogP contribution in [0.5, 0.6) is 11.5 Å². The van der Waals surface area contributed by atoms with Crippen LogP contribution >= 0.6 is 0 Å². The SMILES string of the molecule is COc1cc(NC(=O)Nc2ccc3nc(N4CCN(C)CC4)cc(C)c3c2)cc(OC)c1. The summed E-state index contributed by atoms with van der Waals surface area (Å²) >= 11 is 0. The van der Waals surface area contributed by atoms with Gasteiger partial charge in [0.2, 0.25) is 0 Å². The van der Waals surface area contributed by atoms with E-state index in [-0.39, 0.29) is 6.03 Å². The maximum Gasteiger partial charge on any atom is 0.323 e. The van der Waals surface area contributed by atoms with Gasteiger partial charge in [0.05, 0.1) is 19.7 Å². The third-order valence-corrected chi connectivity index (χ3v) is 5.70. The lowest BCUT2D eigenvalue weighted by atomic mass is 10.1. The standard InChI is InChI=1S/C24H29N5O3/c1-16-11-23(29-9-7-28(2)8-10-29)27-22-6-5-17(14-21(16)22)25-24(30)26-18-12-19(31-3)15-20(13-18)32-4/h5-6,11-15H,7-10H2,1-4H3,(H2,25,26,30). The summed E-state index contributed by atoms with van der Waals surface area (Å²) in [4.78, 5) is 22.1. The fourth-order valence-electron chi connectivity index (χ4n) is 3.82. The van der Waals surface area contributed by atoms with Crippen molar-refractivity contribution in [2.24, 2.45) is 0 Å². The molecule has 0 spiro atoms. The zero-order valence-corrected chi connectivity index (χ0v) is 18.9. The number of nitrogens with zero attached hydrogens (tertiary/aromatic N) is 3. The average Bonchev–Trinajstić information content (AvgIpc) is 2.79. The third kappa shape index (κ3) is 4.86. The molecule has 1 fully saturated rings. The molecule has 2 amide bonds. The maximum atomic E-state index is 12.6. The Morgan fingerprint density at radius 3 is 2.22 bits per heavy atom. The first kappa shape index (κ1) is 21.7. The van der Waals surface area contributed by atoms with Gasteiger partial charge in [-0.2, -0.15) is 0 Å². The van der Waals surface area contributed by atoms with Gasteiger partial charge in [-0.05, 0) is 43.8 Å². The number of urea groups is 1. The Labute approximate surface area is 188 Å². The number of carbonyl (C=O) groups is 1. The minimum atomic E-state index is -0.348. The number of pyridine rings is 1. The number of methoxy groups -OCH3 is 2. The molecule has 2 heterocycles. The van der Waals surface area contributed by atoms with Gasteiger partial charge in [-0.1, -0.05) is 0 Å². The minimum Gasteiger partial charge on any atom is -0.497 e. The van der Waals surface area contributed by atoms with Gasteiger partial charge in [-0.25, -0.2) is 9.78 Å². The van der Waals surface area contributed by atoms with Gasteiger partial charge in [-0.3, -0.25) is 0 Å². The monoisotopic (exact) mass is 435 g/mol. The van der Waals surface area contributed by atoms with Gasteiger partial charge < -0.3 is 29.9 Å². The Bertz CT molecular complexity index is 1100. The number of aryl methyl sites for hydroxylation is 1. The molecule has 0 saturated carbocycles. The summed E-state index contributed by atoms with van der Waals surface area (Å²) in [5, 5.41) is 6.73. The van der Waals surface area contributed by atoms with E-state index in [4.69, 9.17) is 14.5 Å². The second-order valence-electron chi connectivity index (χ2n) is 8.00. The maximum absolute atomic E-state index is 12.6. The van der Waals surface area contributed by atoms with E-state index in [0.717, 1.165) is 48.5 Å². The molecule has 3 aromatic rings. The molecule has 2 N–H and O–H groups in total. The Morgan fingerprint density at radius 1 is 0.906 bits per heavy atom. The number of fused-ring (bicyclic) bond motifs is 1. The average molecular weight is 436 g/mol. The van der Waals surface area contributed by atoms with Crippen LogP contribution in [-0.2, 0) is 0 Å². The number of aromatic nitrogens is 1. The molecule has 8 nitrogen and oxygen atoms in total. The number of benzene rings is 2. The van der Waals surface area contributed by atoms with E-state index in [1.54, 1.807) is 32.4 Å². The number of rotatable bonds is 5. The highest BCUT2D eigenvalue weighted by atomic mass is 16.5. The van der Waals surface area contributed by atoms with Gasteiger partial charge in [0.1, 0.15) is 17.3 Å². The first-order chi connectivity index (χ1) is 15.4. The number of likely N-dealkylation sites (N-methyl/N-ethyl adjacent to an activating group) is 1. The quantitative estimate of drug-likeness (QED) is 0.632. The molecule has 8 heteroatoms. The van der Waals surface area contributed by atoms with Gasteiger partial charge >= 0.3 is 6.03 Å². The minimum absolute atomic E-state index is 0.348. The van der Waals surface area contributed by atoms with Gasteiger partial charge in [-0.15, -0.1) is 0 Å². The molecule has 0 atom stereocenters. The summed E-state index contributed by atoms with van der Waals surface area (Å²) in [6.07, 6.45) is 0. The lowest BCUT2D eigenvalue weighted by Crippen LogP contribution is -2.44. The van der Waals surface area contributed by atoms with Crippen molar-refractivity contribution in [1.82, 2.24) is 9.88 Å². The fourth-order valence-corrected chi connectivity index (χ4v) is 3.82. The predicted octanol–water partition coefficient (Wildman–Crippen LogP) is 3.96. The highest BCUT2D eigenvalue weighted by Gasteiger charge is 2.16. The first-order valence-electron chi connectivity index (χ1n) is 10.6. The van der Waals surface area contributed by atoms with Gasteiger partial charge in [0, 0.05) is 61.1 Å². The molecule has 1 aliphatic heterocycles. The van der Waals surface area contributed by atoms with Crippen LogP contribution in [0.15, 0.2) is 42.5 Å². The van der Waals surface area contributed by atoms with Crippen molar-refractivity contribution in [3.8, 4) is 11.5 Å². The van der Waals surface area contributed by atoms with Crippen LogP contribution in [-0.4, -0.2) is 63.4 Å². The number of ether oxygens (including phenoxy) is 2. The van der Waals surface area contributed by atoms with E-state index < -0.39 is 0 Å². The number of piperazine rings is 1. The first-order valence-corrected chi connectivity index (χ1v) is 10.6. The largest absolute Gasteiger partial charge is 0.497 e. The van der Waals surface area contributed by atoms with E-state index in [2.05, 4.69) is 40.5 Å². The number of hydrogen-bond acceptors (Lipinski definition) is 6. The lowest BCUT2D eigenvalue weighted by molar-refractivity contribution is 0.262. The van der Waals surface area contributed by atoms with Crippen molar-refractivity contribution in [2.75, 3.05) is 63.0 Å². The second kappa shape index (κ2) is 9.32. The van der Waals surface area contributed by atoms with Crippen molar-refractivity contribution in [1.29, 1.82) is 0 Å². The van der Waals surface area contributed by atoms with E-state index in [1.807, 2.05) is 18.2 Å². The molecular formula is C24H29N5O3. The Kier molecular flexibility index (Phi) is 6.32. The Morgan fingerprint density at radius 2 is 1.56 bits per heavy atom. The molecular weight excluding hydrogens is 406 g/mol. The summed E-state index contributed by atoms with van der Waals surface area (Å²) < 4.78 is 10.5. The Balaban J connectivity index is 1.49. The molecule has 2 aromatic carbocycles. The highest BCUT2D eigenvalue weighted by molar-refractivity contribution is 6.01. The van der Waals surface area contributed by atoms with Crippen molar-refractivity contribution in [2.45, 2.75) is 6.92 Å². The Hall–Kier alpha value is -3.52. The third-order valence-electron chi connectivity index (χ3n) is 5.70. The predicted molar refractivity (Wildman–Crippen MR) is 128 cm³/mol. The normalized spacial score (nSPS) is 14.3. The van der Waals surface area contributed by atoms with Crippen LogP contribution in [0, 0.1) is 6.92 Å². The number of hydrogen-bond donors (Lipinski definition) is 2. The van der Waals surface area contributed by atoms with E-state index >= 15 is 0 Å². The molecule has 0 bridgehead atoms. The van der Waals surface area contributed by atoms with Gasteiger partial charge in [0.15, 0.2) is 0 Å². The molecule has 1 aliphatic rings. The molecule has 0 unspecified atom stereocenters. The van der Waals surface area contributed by atoms with E-state index in [9.17, 15) is 4.79 Å². The number of anilines is 3. The number of amides is 2. The summed E-state index contributed by atoms with van der Waals surface area (Å²) in [5.74, 6) is 2.21. The summed E-state index contributed by atoms with van der Waals surface area (Å²) in [6.45, 7) is 6.11. The van der Waals surface area contributed by atoms with Crippen molar-refractivity contribution < 1.29 is 14.3 Å². The van der Waals surface area contributed by atoms with E-state index in [1.165, 1.54) is 0 Å². The van der Waals surface area contributed by atoms with Crippen LogP contribution in [0.2, 0.25) is 0 Å². The highest BCUT2D eigenvalue weighted by Crippen LogP contribution is 2.27. The lowest BCUT2D eigenvalue weighted by Gasteiger charge is -2.33. The smallest absolute Gasteiger partial charge is 0.323 e. The topological polar surface area (TPSA) is 79.0 Å². The molecule has 168 valence electrons. The summed E-state index contributed by atoms with van der Waals surface area (Å²) in [7, 11) is 5.28. The van der Waals surface area contributed by atoms with Gasteiger partial charge in [0.25, 0.3) is 0 Å². The fraction of sp³-hybridized carbons (Fsp3) is 0.333. The molecule has 0 aliphatic carbocycles. The van der Waals surface area contributed by atoms with E-state index in [0.29, 0.717) is 22.9 Å². The zero-order valence-electron chi connectivity index (χ0n) is 18.9. The van der Waals surface area contributed by atoms with Crippen LogP contribution < -0.4 is 25.0 Å². The van der Waals surface area contributed by atoms with Crippen LogP contribution in [0.25, 0.3) is 10.9 Å². The summed E-state index contributed by atoms with van der Waals surface area (Å²) in [5.41, 5.74) is 3.32. The molecule has 32 heavy (non-hydrogen) atoms.